The van der Waals surface area contributed by atoms with Crippen molar-refractivity contribution in [3.05, 3.63) is 90.3 Å². The molecule has 0 atom stereocenters. The van der Waals surface area contributed by atoms with Crippen LogP contribution in [0.4, 0.5) is 4.39 Å². The van der Waals surface area contributed by atoms with Gasteiger partial charge in [0, 0.05) is 5.39 Å². The van der Waals surface area contributed by atoms with Gasteiger partial charge < -0.3 is 4.74 Å². The molecule has 3 heteroatoms. The molecule has 0 radical (unpaired) electrons. The van der Waals surface area contributed by atoms with Gasteiger partial charge in [-0.05, 0) is 97.7 Å². The maximum Gasteiger partial charge on any atom is 0.343 e. The lowest BCUT2D eigenvalue weighted by Crippen LogP contribution is -2.13. The van der Waals surface area contributed by atoms with Crippen LogP contribution in [-0.2, 0) is 0 Å². The summed E-state index contributed by atoms with van der Waals surface area (Å²) >= 11 is 0. The molecular weight excluding hydrogens is 375 g/mol. The zero-order valence-corrected chi connectivity index (χ0v) is 17.1. The van der Waals surface area contributed by atoms with E-state index >= 15 is 0 Å². The number of hydrogen-bond acceptors (Lipinski definition) is 2. The van der Waals surface area contributed by atoms with Crippen LogP contribution in [0.25, 0.3) is 10.8 Å². The van der Waals surface area contributed by atoms with E-state index in [2.05, 4.69) is 18.7 Å². The van der Waals surface area contributed by atoms with E-state index in [1.165, 1.54) is 43.7 Å². The SMILES string of the molecule is C=CCCC1CCC(c2ccc(C(=O)Oc3ccc4c(F)cccc4c3)cc2)CC1. The van der Waals surface area contributed by atoms with Gasteiger partial charge in [0.05, 0.1) is 5.56 Å². The number of carbonyl (C=O) groups excluding carboxylic acids is 1. The molecule has 154 valence electrons. The first-order valence-corrected chi connectivity index (χ1v) is 10.8. The molecule has 3 aromatic rings. The van der Waals surface area contributed by atoms with Gasteiger partial charge in [-0.2, -0.15) is 0 Å². The molecule has 0 unspecified atom stereocenters. The zero-order chi connectivity index (χ0) is 20.9. The summed E-state index contributed by atoms with van der Waals surface area (Å²) < 4.78 is 19.3. The molecule has 1 saturated carbocycles. The zero-order valence-electron chi connectivity index (χ0n) is 17.1. The topological polar surface area (TPSA) is 26.3 Å². The number of ether oxygens (including phenoxy) is 1. The maximum absolute atomic E-state index is 13.8. The van der Waals surface area contributed by atoms with Gasteiger partial charge in [-0.3, -0.25) is 0 Å². The van der Waals surface area contributed by atoms with Gasteiger partial charge in [0.2, 0.25) is 0 Å². The molecule has 0 saturated heterocycles. The monoisotopic (exact) mass is 402 g/mol. The van der Waals surface area contributed by atoms with Crippen molar-refractivity contribution in [2.45, 2.75) is 44.4 Å². The third-order valence-electron chi connectivity index (χ3n) is 6.25. The number of esters is 1. The number of fused-ring (bicyclic) bond motifs is 1. The smallest absolute Gasteiger partial charge is 0.343 e. The average molecular weight is 403 g/mol. The van der Waals surface area contributed by atoms with E-state index in [0.717, 1.165) is 12.3 Å². The Bertz CT molecular complexity index is 1030. The summed E-state index contributed by atoms with van der Waals surface area (Å²) in [6.07, 6.45) is 9.33. The van der Waals surface area contributed by atoms with Gasteiger partial charge >= 0.3 is 5.97 Å². The molecule has 0 aliphatic heterocycles. The van der Waals surface area contributed by atoms with Gasteiger partial charge in [-0.25, -0.2) is 9.18 Å². The Hall–Kier alpha value is -2.94. The van der Waals surface area contributed by atoms with Crippen molar-refractivity contribution < 1.29 is 13.9 Å². The van der Waals surface area contributed by atoms with Gasteiger partial charge in [-0.1, -0.05) is 30.3 Å². The maximum atomic E-state index is 13.8. The highest BCUT2D eigenvalue weighted by atomic mass is 19.1. The molecule has 1 fully saturated rings. The Balaban J connectivity index is 1.38. The predicted molar refractivity (Wildman–Crippen MR) is 119 cm³/mol. The lowest BCUT2D eigenvalue weighted by Gasteiger charge is -2.28. The number of carbonyl (C=O) groups is 1. The molecule has 30 heavy (non-hydrogen) atoms. The second kappa shape index (κ2) is 9.25. The first-order chi connectivity index (χ1) is 14.6. The molecule has 0 heterocycles. The Labute approximate surface area is 177 Å². The van der Waals surface area contributed by atoms with Crippen molar-refractivity contribution in [3.63, 3.8) is 0 Å². The van der Waals surface area contributed by atoms with E-state index in [0.29, 0.717) is 28.0 Å². The number of benzene rings is 3. The van der Waals surface area contributed by atoms with Crippen LogP contribution in [0.1, 0.15) is 60.4 Å². The number of allylic oxidation sites excluding steroid dienone is 1. The predicted octanol–water partition coefficient (Wildman–Crippen LogP) is 7.44. The van der Waals surface area contributed by atoms with Gasteiger partial charge in [0.1, 0.15) is 11.6 Å². The van der Waals surface area contributed by atoms with Crippen LogP contribution in [0.15, 0.2) is 73.3 Å². The molecule has 4 rings (SSSR count). The van der Waals surface area contributed by atoms with E-state index < -0.39 is 5.97 Å². The second-order valence-corrected chi connectivity index (χ2v) is 8.22. The normalized spacial score (nSPS) is 18.8. The molecule has 2 nitrogen and oxygen atoms in total. The summed E-state index contributed by atoms with van der Waals surface area (Å²) in [6, 6.07) is 17.6. The van der Waals surface area contributed by atoms with Crippen molar-refractivity contribution in [2.75, 3.05) is 0 Å². The molecule has 3 aromatic carbocycles. The third kappa shape index (κ3) is 4.62. The Kier molecular flexibility index (Phi) is 6.27. The second-order valence-electron chi connectivity index (χ2n) is 8.22. The lowest BCUT2D eigenvalue weighted by atomic mass is 9.77. The van der Waals surface area contributed by atoms with Crippen molar-refractivity contribution in [3.8, 4) is 5.75 Å². The number of rotatable bonds is 6. The summed E-state index contributed by atoms with van der Waals surface area (Å²) in [5.41, 5.74) is 1.83. The summed E-state index contributed by atoms with van der Waals surface area (Å²) in [4.78, 5) is 12.5. The molecule has 1 aliphatic carbocycles. The van der Waals surface area contributed by atoms with Crippen molar-refractivity contribution >= 4 is 16.7 Å². The fourth-order valence-electron chi connectivity index (χ4n) is 4.48. The molecule has 0 amide bonds. The first-order valence-electron chi connectivity index (χ1n) is 10.8. The van der Waals surface area contributed by atoms with Gasteiger partial charge in [-0.15, -0.1) is 6.58 Å². The molecule has 0 spiro atoms. The largest absolute Gasteiger partial charge is 0.423 e. The average Bonchev–Trinajstić information content (AvgIpc) is 2.78. The fourth-order valence-corrected chi connectivity index (χ4v) is 4.48. The van der Waals surface area contributed by atoms with Gasteiger partial charge in [0.15, 0.2) is 0 Å². The van der Waals surface area contributed by atoms with Crippen LogP contribution in [-0.4, -0.2) is 5.97 Å². The van der Waals surface area contributed by atoms with Crippen LogP contribution in [0.2, 0.25) is 0 Å². The Morgan fingerprint density at radius 2 is 1.80 bits per heavy atom. The summed E-state index contributed by atoms with van der Waals surface area (Å²) in [5, 5.41) is 1.22. The van der Waals surface area contributed by atoms with Crippen LogP contribution in [0, 0.1) is 11.7 Å². The first kappa shape index (κ1) is 20.3. The molecule has 0 bridgehead atoms. The highest BCUT2D eigenvalue weighted by Crippen LogP contribution is 2.37. The highest BCUT2D eigenvalue weighted by Gasteiger charge is 2.22. The van der Waals surface area contributed by atoms with E-state index in [1.54, 1.807) is 30.3 Å². The van der Waals surface area contributed by atoms with Gasteiger partial charge in [0.25, 0.3) is 0 Å². The summed E-state index contributed by atoms with van der Waals surface area (Å²) in [5.74, 6) is 1.13. The molecule has 0 aromatic heterocycles. The lowest BCUT2D eigenvalue weighted by molar-refractivity contribution is 0.0735. The minimum atomic E-state index is -0.398. The van der Waals surface area contributed by atoms with Crippen molar-refractivity contribution in [2.24, 2.45) is 5.92 Å². The van der Waals surface area contributed by atoms with Crippen molar-refractivity contribution in [1.82, 2.24) is 0 Å². The van der Waals surface area contributed by atoms with Crippen molar-refractivity contribution in [1.29, 1.82) is 0 Å². The van der Waals surface area contributed by atoms with Crippen LogP contribution in [0.5, 0.6) is 5.75 Å². The molecule has 1 aliphatic rings. The summed E-state index contributed by atoms with van der Waals surface area (Å²) in [7, 11) is 0. The third-order valence-corrected chi connectivity index (χ3v) is 6.25. The fraction of sp³-hybridized carbons (Fsp3) is 0.296. The standard InChI is InChI=1S/C27H27FO2/c1-2-3-5-19-8-10-20(11-9-19)21-12-14-22(15-13-21)27(29)30-24-16-17-25-23(18-24)6-4-7-26(25)28/h2,4,6-7,12-20H,1,3,5,8-11H2. The Morgan fingerprint density at radius 1 is 1.03 bits per heavy atom. The van der Waals surface area contributed by atoms with Crippen LogP contribution >= 0.6 is 0 Å². The molecule has 0 N–H and O–H groups in total. The Morgan fingerprint density at radius 3 is 2.53 bits per heavy atom. The van der Waals surface area contributed by atoms with E-state index in [-0.39, 0.29) is 5.82 Å². The van der Waals surface area contributed by atoms with E-state index in [1.807, 2.05) is 18.2 Å². The number of hydrogen-bond donors (Lipinski definition) is 0. The quantitative estimate of drug-likeness (QED) is 0.243. The van der Waals surface area contributed by atoms with E-state index in [9.17, 15) is 9.18 Å². The minimum absolute atomic E-state index is 0.282. The van der Waals surface area contributed by atoms with Crippen LogP contribution in [0.3, 0.4) is 0 Å². The minimum Gasteiger partial charge on any atom is -0.423 e. The molecular formula is C27H27FO2. The number of halogens is 1. The summed E-state index contributed by atoms with van der Waals surface area (Å²) in [6.45, 7) is 3.82. The van der Waals surface area contributed by atoms with E-state index in [4.69, 9.17) is 4.74 Å². The van der Waals surface area contributed by atoms with Crippen LogP contribution < -0.4 is 4.74 Å². The highest BCUT2D eigenvalue weighted by molar-refractivity contribution is 5.92.